The van der Waals surface area contributed by atoms with E-state index in [2.05, 4.69) is 19.2 Å². The number of ether oxygens (including phenoxy) is 1. The van der Waals surface area contributed by atoms with Gasteiger partial charge < -0.3 is 15.0 Å². The van der Waals surface area contributed by atoms with E-state index >= 15 is 0 Å². The molecule has 0 aromatic carbocycles. The maximum absolute atomic E-state index is 11.7. The Morgan fingerprint density at radius 2 is 2.36 bits per heavy atom. The third-order valence-electron chi connectivity index (χ3n) is 2.49. The summed E-state index contributed by atoms with van der Waals surface area (Å²) in [5.74, 6) is 0. The molecule has 1 unspecified atom stereocenters. The van der Waals surface area contributed by atoms with Gasteiger partial charge in [-0.15, -0.1) is 0 Å². The van der Waals surface area contributed by atoms with Gasteiger partial charge in [-0.2, -0.15) is 0 Å². The Kier molecular flexibility index (Phi) is 4.73. The second-order valence-electron chi connectivity index (χ2n) is 3.56. The monoisotopic (exact) mass is 200 g/mol. The molecule has 4 nitrogen and oxygen atoms in total. The van der Waals surface area contributed by atoms with E-state index in [-0.39, 0.29) is 12.1 Å². The Morgan fingerprint density at radius 1 is 1.57 bits per heavy atom. The summed E-state index contributed by atoms with van der Waals surface area (Å²) in [5.41, 5.74) is 0. The summed E-state index contributed by atoms with van der Waals surface area (Å²) in [7, 11) is 0. The molecule has 4 heteroatoms. The number of nitrogens with one attached hydrogen (secondary N) is 1. The van der Waals surface area contributed by atoms with Crippen molar-refractivity contribution in [2.75, 3.05) is 26.3 Å². The molecule has 1 saturated heterocycles. The van der Waals surface area contributed by atoms with Crippen LogP contribution in [0.4, 0.5) is 4.79 Å². The SMILES string of the molecule is CCCNC(=O)N1CCOCC1CC. The van der Waals surface area contributed by atoms with E-state index in [4.69, 9.17) is 4.74 Å². The molecule has 0 aromatic heterocycles. The van der Waals surface area contributed by atoms with Gasteiger partial charge in [0.05, 0.1) is 19.3 Å². The minimum Gasteiger partial charge on any atom is -0.377 e. The number of urea groups is 1. The van der Waals surface area contributed by atoms with Crippen molar-refractivity contribution in [3.8, 4) is 0 Å². The Balaban J connectivity index is 2.41. The van der Waals surface area contributed by atoms with Crippen molar-refractivity contribution < 1.29 is 9.53 Å². The van der Waals surface area contributed by atoms with Crippen LogP contribution in [0.3, 0.4) is 0 Å². The minimum atomic E-state index is 0.0574. The van der Waals surface area contributed by atoms with Gasteiger partial charge in [0.1, 0.15) is 0 Å². The Labute approximate surface area is 85.6 Å². The highest BCUT2D eigenvalue weighted by Gasteiger charge is 2.25. The number of carbonyl (C=O) groups is 1. The highest BCUT2D eigenvalue weighted by atomic mass is 16.5. The van der Waals surface area contributed by atoms with Crippen LogP contribution < -0.4 is 5.32 Å². The summed E-state index contributed by atoms with van der Waals surface area (Å²) in [6.07, 6.45) is 1.94. The number of amides is 2. The quantitative estimate of drug-likeness (QED) is 0.744. The van der Waals surface area contributed by atoms with E-state index in [0.29, 0.717) is 19.8 Å². The lowest BCUT2D eigenvalue weighted by Crippen LogP contribution is -2.52. The fourth-order valence-corrected chi connectivity index (χ4v) is 1.59. The first-order valence-electron chi connectivity index (χ1n) is 5.41. The first-order valence-corrected chi connectivity index (χ1v) is 5.41. The molecule has 1 fully saturated rings. The first kappa shape index (κ1) is 11.3. The maximum atomic E-state index is 11.7. The zero-order chi connectivity index (χ0) is 10.4. The molecule has 0 radical (unpaired) electrons. The largest absolute Gasteiger partial charge is 0.377 e. The van der Waals surface area contributed by atoms with Crippen molar-refractivity contribution in [2.45, 2.75) is 32.7 Å². The van der Waals surface area contributed by atoms with Crippen LogP contribution in [0.2, 0.25) is 0 Å². The van der Waals surface area contributed by atoms with Gasteiger partial charge in [-0.05, 0) is 12.8 Å². The molecule has 14 heavy (non-hydrogen) atoms. The molecule has 0 spiro atoms. The molecule has 0 saturated carbocycles. The average Bonchev–Trinajstić information content (AvgIpc) is 2.25. The van der Waals surface area contributed by atoms with Crippen LogP contribution in [0.15, 0.2) is 0 Å². The summed E-state index contributed by atoms with van der Waals surface area (Å²) >= 11 is 0. The van der Waals surface area contributed by atoms with Crippen LogP contribution in [0.25, 0.3) is 0 Å². The van der Waals surface area contributed by atoms with Crippen LogP contribution in [-0.2, 0) is 4.74 Å². The number of carbonyl (C=O) groups excluding carboxylic acids is 1. The first-order chi connectivity index (χ1) is 6.79. The maximum Gasteiger partial charge on any atom is 0.317 e. The molecule has 1 aliphatic heterocycles. The zero-order valence-electron chi connectivity index (χ0n) is 9.08. The van der Waals surface area contributed by atoms with Crippen molar-refractivity contribution in [1.82, 2.24) is 10.2 Å². The molecule has 1 atom stereocenters. The van der Waals surface area contributed by atoms with Gasteiger partial charge in [-0.25, -0.2) is 4.79 Å². The smallest absolute Gasteiger partial charge is 0.317 e. The fourth-order valence-electron chi connectivity index (χ4n) is 1.59. The molecule has 1 rings (SSSR count). The van der Waals surface area contributed by atoms with Gasteiger partial charge in [0.25, 0.3) is 0 Å². The third kappa shape index (κ3) is 2.87. The molecule has 82 valence electrons. The Bertz CT molecular complexity index is 185. The molecule has 1 heterocycles. The molecular formula is C10H20N2O2. The Morgan fingerprint density at radius 3 is 3.00 bits per heavy atom. The van der Waals surface area contributed by atoms with E-state index in [1.54, 1.807) is 0 Å². The van der Waals surface area contributed by atoms with E-state index in [1.165, 1.54) is 0 Å². The standard InChI is InChI=1S/C10H20N2O2/c1-3-5-11-10(13)12-6-7-14-8-9(12)4-2/h9H,3-8H2,1-2H3,(H,11,13). The van der Waals surface area contributed by atoms with Gasteiger partial charge in [0.15, 0.2) is 0 Å². The lowest BCUT2D eigenvalue weighted by atomic mass is 10.2. The molecule has 1 N–H and O–H groups in total. The third-order valence-corrected chi connectivity index (χ3v) is 2.49. The summed E-state index contributed by atoms with van der Waals surface area (Å²) in [4.78, 5) is 13.6. The highest BCUT2D eigenvalue weighted by molar-refractivity contribution is 5.74. The highest BCUT2D eigenvalue weighted by Crippen LogP contribution is 2.09. The van der Waals surface area contributed by atoms with Gasteiger partial charge in [-0.3, -0.25) is 0 Å². The van der Waals surface area contributed by atoms with Gasteiger partial charge in [-0.1, -0.05) is 13.8 Å². The van der Waals surface area contributed by atoms with Crippen LogP contribution in [0.5, 0.6) is 0 Å². The molecule has 0 aromatic rings. The number of morpholine rings is 1. The van der Waals surface area contributed by atoms with Crippen LogP contribution in [-0.4, -0.2) is 43.3 Å². The van der Waals surface area contributed by atoms with Gasteiger partial charge >= 0.3 is 6.03 Å². The Hall–Kier alpha value is -0.770. The summed E-state index contributed by atoms with van der Waals surface area (Å²) < 4.78 is 5.34. The number of rotatable bonds is 3. The number of hydrogen-bond donors (Lipinski definition) is 1. The molecule has 1 aliphatic rings. The predicted octanol–water partition coefficient (Wildman–Crippen LogP) is 1.22. The second kappa shape index (κ2) is 5.86. The van der Waals surface area contributed by atoms with Crippen molar-refractivity contribution in [1.29, 1.82) is 0 Å². The zero-order valence-corrected chi connectivity index (χ0v) is 9.08. The summed E-state index contributed by atoms with van der Waals surface area (Å²) in [5, 5.41) is 2.90. The van der Waals surface area contributed by atoms with Gasteiger partial charge in [0.2, 0.25) is 0 Å². The van der Waals surface area contributed by atoms with Crippen LogP contribution in [0.1, 0.15) is 26.7 Å². The lowest BCUT2D eigenvalue weighted by Gasteiger charge is -2.34. The fraction of sp³-hybridized carbons (Fsp3) is 0.900. The molecule has 0 aliphatic carbocycles. The minimum absolute atomic E-state index is 0.0574. The van der Waals surface area contributed by atoms with E-state index < -0.39 is 0 Å². The van der Waals surface area contributed by atoms with Gasteiger partial charge in [0, 0.05) is 13.1 Å². The lowest BCUT2D eigenvalue weighted by molar-refractivity contribution is 0.0113. The van der Waals surface area contributed by atoms with E-state index in [0.717, 1.165) is 19.4 Å². The number of nitrogens with zero attached hydrogens (tertiary/aromatic N) is 1. The summed E-state index contributed by atoms with van der Waals surface area (Å²) in [6, 6.07) is 0.308. The van der Waals surface area contributed by atoms with E-state index in [9.17, 15) is 4.79 Å². The van der Waals surface area contributed by atoms with Crippen molar-refractivity contribution >= 4 is 6.03 Å². The van der Waals surface area contributed by atoms with Crippen molar-refractivity contribution in [2.24, 2.45) is 0 Å². The predicted molar refractivity (Wildman–Crippen MR) is 55.3 cm³/mol. The normalized spacial score (nSPS) is 22.1. The molecule has 0 bridgehead atoms. The average molecular weight is 200 g/mol. The molecular weight excluding hydrogens is 180 g/mol. The van der Waals surface area contributed by atoms with Crippen LogP contribution in [0, 0.1) is 0 Å². The van der Waals surface area contributed by atoms with Crippen molar-refractivity contribution in [3.05, 3.63) is 0 Å². The second-order valence-corrected chi connectivity index (χ2v) is 3.56. The topological polar surface area (TPSA) is 41.6 Å². The van der Waals surface area contributed by atoms with Crippen molar-refractivity contribution in [3.63, 3.8) is 0 Å². The summed E-state index contributed by atoms with van der Waals surface area (Å²) in [6.45, 7) is 6.95. The molecule has 2 amide bonds. The number of hydrogen-bond acceptors (Lipinski definition) is 2. The van der Waals surface area contributed by atoms with Crippen LogP contribution >= 0.6 is 0 Å². The van der Waals surface area contributed by atoms with E-state index in [1.807, 2.05) is 4.90 Å².